The summed E-state index contributed by atoms with van der Waals surface area (Å²) in [5.74, 6) is 0.623. The first-order chi connectivity index (χ1) is 8.59. The van der Waals surface area contributed by atoms with Crippen molar-refractivity contribution in [3.05, 3.63) is 28.8 Å². The molecule has 1 fully saturated rings. The fourth-order valence-electron chi connectivity index (χ4n) is 2.62. The van der Waals surface area contributed by atoms with Crippen LogP contribution in [0.15, 0.2) is 18.2 Å². The first-order valence-electron chi connectivity index (χ1n) is 6.33. The zero-order chi connectivity index (χ0) is 13.2. The molecule has 0 unspecified atom stereocenters. The van der Waals surface area contributed by atoms with Crippen molar-refractivity contribution < 1.29 is 9.84 Å². The summed E-state index contributed by atoms with van der Waals surface area (Å²) >= 11 is 6.01. The van der Waals surface area contributed by atoms with Crippen LogP contribution < -0.4 is 10.1 Å². The number of rotatable bonds is 3. The van der Waals surface area contributed by atoms with Crippen LogP contribution in [0.25, 0.3) is 0 Å². The molecule has 3 nitrogen and oxygen atoms in total. The second-order valence-electron chi connectivity index (χ2n) is 4.94. The molecule has 2 rings (SSSR count). The predicted molar refractivity (Wildman–Crippen MR) is 73.2 cm³/mol. The number of nitrogens with one attached hydrogen (secondary N) is 1. The van der Waals surface area contributed by atoms with Crippen LogP contribution in [0, 0.1) is 0 Å². The number of benzene rings is 1. The molecule has 1 aromatic carbocycles. The average Bonchev–Trinajstić information content (AvgIpc) is 2.40. The fourth-order valence-corrected chi connectivity index (χ4v) is 2.82. The quantitative estimate of drug-likeness (QED) is 0.887. The molecule has 0 bridgehead atoms. The van der Waals surface area contributed by atoms with Gasteiger partial charge in [-0.1, -0.05) is 17.7 Å². The number of hydrogen-bond acceptors (Lipinski definition) is 3. The van der Waals surface area contributed by atoms with Gasteiger partial charge in [-0.25, -0.2) is 0 Å². The van der Waals surface area contributed by atoms with E-state index in [1.165, 1.54) is 0 Å². The van der Waals surface area contributed by atoms with Gasteiger partial charge >= 0.3 is 0 Å². The summed E-state index contributed by atoms with van der Waals surface area (Å²) in [7, 11) is 3.56. The van der Waals surface area contributed by atoms with E-state index < -0.39 is 5.60 Å². The standard InChI is InChI=1S/C14H20ClNO2/c1-16-11-5-7-14(17,8-6-11)10-3-4-12(15)13(9-10)18-2/h3-4,9,11,16-17H,5-8H2,1-2H3. The third-order valence-corrected chi connectivity index (χ3v) is 4.22. The highest BCUT2D eigenvalue weighted by molar-refractivity contribution is 6.32. The summed E-state index contributed by atoms with van der Waals surface area (Å²) in [5.41, 5.74) is 0.156. The Bertz CT molecular complexity index is 414. The van der Waals surface area contributed by atoms with Crippen LogP contribution in [0.1, 0.15) is 31.2 Å². The van der Waals surface area contributed by atoms with Crippen LogP contribution in [0.3, 0.4) is 0 Å². The number of ether oxygens (including phenoxy) is 1. The van der Waals surface area contributed by atoms with Crippen molar-refractivity contribution in [2.75, 3.05) is 14.2 Å². The van der Waals surface area contributed by atoms with Gasteiger partial charge in [-0.15, -0.1) is 0 Å². The Morgan fingerprint density at radius 3 is 2.61 bits per heavy atom. The molecule has 0 spiro atoms. The molecule has 1 aliphatic carbocycles. The lowest BCUT2D eigenvalue weighted by atomic mass is 9.78. The Kier molecular flexibility index (Phi) is 4.15. The monoisotopic (exact) mass is 269 g/mol. The van der Waals surface area contributed by atoms with E-state index >= 15 is 0 Å². The Morgan fingerprint density at radius 1 is 1.39 bits per heavy atom. The van der Waals surface area contributed by atoms with Crippen molar-refractivity contribution in [3.8, 4) is 5.75 Å². The Labute approximate surface area is 113 Å². The van der Waals surface area contributed by atoms with Crippen LogP contribution in [-0.4, -0.2) is 25.3 Å². The van der Waals surface area contributed by atoms with Crippen LogP contribution in [0.4, 0.5) is 0 Å². The number of halogens is 1. The molecular weight excluding hydrogens is 250 g/mol. The Morgan fingerprint density at radius 2 is 2.06 bits per heavy atom. The topological polar surface area (TPSA) is 41.5 Å². The largest absolute Gasteiger partial charge is 0.495 e. The lowest BCUT2D eigenvalue weighted by Crippen LogP contribution is -2.38. The zero-order valence-electron chi connectivity index (χ0n) is 10.9. The molecule has 0 aromatic heterocycles. The molecule has 1 aliphatic rings. The first kappa shape index (κ1) is 13.7. The highest BCUT2D eigenvalue weighted by Crippen LogP contribution is 2.39. The maximum atomic E-state index is 10.7. The van der Waals surface area contributed by atoms with Crippen molar-refractivity contribution in [2.45, 2.75) is 37.3 Å². The smallest absolute Gasteiger partial charge is 0.137 e. The summed E-state index contributed by atoms with van der Waals surface area (Å²) in [6, 6.07) is 6.05. The Balaban J connectivity index is 2.20. The molecule has 2 N–H and O–H groups in total. The minimum absolute atomic E-state index is 0.513. The summed E-state index contributed by atoms with van der Waals surface area (Å²) in [6.07, 6.45) is 3.50. The maximum Gasteiger partial charge on any atom is 0.137 e. The van der Waals surface area contributed by atoms with Crippen molar-refractivity contribution in [3.63, 3.8) is 0 Å². The third kappa shape index (κ3) is 2.63. The number of methoxy groups -OCH3 is 1. The van der Waals surface area contributed by atoms with Crippen LogP contribution in [0.2, 0.25) is 5.02 Å². The molecule has 18 heavy (non-hydrogen) atoms. The van der Waals surface area contributed by atoms with Gasteiger partial charge in [0.2, 0.25) is 0 Å². The highest BCUT2D eigenvalue weighted by atomic mass is 35.5. The van der Waals surface area contributed by atoms with Gasteiger partial charge in [-0.3, -0.25) is 0 Å². The third-order valence-electron chi connectivity index (χ3n) is 3.91. The van der Waals surface area contributed by atoms with E-state index in [9.17, 15) is 5.11 Å². The van der Waals surface area contributed by atoms with E-state index in [-0.39, 0.29) is 0 Å². The van der Waals surface area contributed by atoms with Gasteiger partial charge in [-0.2, -0.15) is 0 Å². The van der Waals surface area contributed by atoms with Gasteiger partial charge in [0.05, 0.1) is 17.7 Å². The highest BCUT2D eigenvalue weighted by Gasteiger charge is 2.34. The van der Waals surface area contributed by atoms with Crippen LogP contribution in [-0.2, 0) is 5.60 Å². The lowest BCUT2D eigenvalue weighted by Gasteiger charge is -2.36. The normalized spacial score (nSPS) is 28.1. The van der Waals surface area contributed by atoms with E-state index in [1.54, 1.807) is 13.2 Å². The molecule has 1 aromatic rings. The second kappa shape index (κ2) is 5.47. The predicted octanol–water partition coefficient (Wildman–Crippen LogP) is 2.70. The van der Waals surface area contributed by atoms with Gasteiger partial charge in [0.25, 0.3) is 0 Å². The average molecular weight is 270 g/mol. The number of aliphatic hydroxyl groups is 1. The van der Waals surface area contributed by atoms with Gasteiger partial charge in [0.15, 0.2) is 0 Å². The molecule has 1 saturated carbocycles. The molecule has 0 atom stereocenters. The van der Waals surface area contributed by atoms with Gasteiger partial charge in [0, 0.05) is 6.04 Å². The SMILES string of the molecule is CNC1CCC(O)(c2ccc(Cl)c(OC)c2)CC1. The molecule has 0 aliphatic heterocycles. The zero-order valence-corrected chi connectivity index (χ0v) is 11.6. The summed E-state index contributed by atoms with van der Waals surface area (Å²) < 4.78 is 5.21. The lowest BCUT2D eigenvalue weighted by molar-refractivity contribution is -0.00777. The second-order valence-corrected chi connectivity index (χ2v) is 5.35. The molecule has 4 heteroatoms. The van der Waals surface area contributed by atoms with Crippen LogP contribution in [0.5, 0.6) is 5.75 Å². The maximum absolute atomic E-state index is 10.7. The van der Waals surface area contributed by atoms with E-state index in [0.717, 1.165) is 31.2 Å². The molecule has 0 heterocycles. The van der Waals surface area contributed by atoms with Crippen molar-refractivity contribution in [1.29, 1.82) is 0 Å². The summed E-state index contributed by atoms with van der Waals surface area (Å²) in [6.45, 7) is 0. The Hall–Kier alpha value is -0.770. The molecule has 0 saturated heterocycles. The van der Waals surface area contributed by atoms with Crippen molar-refractivity contribution >= 4 is 11.6 Å². The molecular formula is C14H20ClNO2. The van der Waals surface area contributed by atoms with E-state index in [1.807, 2.05) is 19.2 Å². The van der Waals surface area contributed by atoms with Gasteiger partial charge in [0.1, 0.15) is 5.75 Å². The molecule has 100 valence electrons. The van der Waals surface area contributed by atoms with Crippen LogP contribution >= 0.6 is 11.6 Å². The molecule has 0 radical (unpaired) electrons. The van der Waals surface area contributed by atoms with E-state index in [4.69, 9.17) is 16.3 Å². The van der Waals surface area contributed by atoms with Gasteiger partial charge in [-0.05, 0) is 50.4 Å². The van der Waals surface area contributed by atoms with E-state index in [2.05, 4.69) is 5.32 Å². The van der Waals surface area contributed by atoms with Gasteiger partial charge < -0.3 is 15.2 Å². The first-order valence-corrected chi connectivity index (χ1v) is 6.70. The fraction of sp³-hybridized carbons (Fsp3) is 0.571. The summed E-state index contributed by atoms with van der Waals surface area (Å²) in [5, 5.41) is 14.6. The van der Waals surface area contributed by atoms with Crippen molar-refractivity contribution in [2.24, 2.45) is 0 Å². The van der Waals surface area contributed by atoms with Crippen molar-refractivity contribution in [1.82, 2.24) is 5.32 Å². The molecule has 0 amide bonds. The van der Waals surface area contributed by atoms with E-state index in [0.29, 0.717) is 16.8 Å². The number of hydrogen-bond donors (Lipinski definition) is 2. The minimum atomic E-state index is -0.745. The minimum Gasteiger partial charge on any atom is -0.495 e. The summed E-state index contributed by atoms with van der Waals surface area (Å²) in [4.78, 5) is 0.